The topological polar surface area (TPSA) is 24.5 Å². The molecule has 0 bridgehead atoms. The van der Waals surface area contributed by atoms with Crippen LogP contribution in [0.15, 0.2) is 0 Å². The van der Waals surface area contributed by atoms with Crippen molar-refractivity contribution < 1.29 is 4.74 Å². The van der Waals surface area contributed by atoms with Crippen LogP contribution in [-0.4, -0.2) is 43.9 Å². The zero-order valence-electron chi connectivity index (χ0n) is 9.81. The fourth-order valence-corrected chi connectivity index (χ4v) is 2.01. The molecule has 3 heteroatoms. The number of nitrogens with one attached hydrogen (secondary N) is 1. The SMILES string of the molecule is CC.CN1CCC2(CC1)NCCCO2. The van der Waals surface area contributed by atoms with Crippen LogP contribution in [0, 0.1) is 0 Å². The van der Waals surface area contributed by atoms with Crippen LogP contribution in [0.3, 0.4) is 0 Å². The summed E-state index contributed by atoms with van der Waals surface area (Å²) in [6, 6.07) is 0. The Morgan fingerprint density at radius 2 is 1.86 bits per heavy atom. The Hall–Kier alpha value is -0.120. The molecule has 0 aromatic heterocycles. The number of rotatable bonds is 0. The van der Waals surface area contributed by atoms with Crippen molar-refractivity contribution in [2.24, 2.45) is 0 Å². The lowest BCUT2D eigenvalue weighted by molar-refractivity contribution is -0.124. The summed E-state index contributed by atoms with van der Waals surface area (Å²) in [6.45, 7) is 8.39. The molecule has 0 aliphatic carbocycles. The molecule has 2 rings (SSSR count). The van der Waals surface area contributed by atoms with Crippen molar-refractivity contribution in [3.05, 3.63) is 0 Å². The van der Waals surface area contributed by atoms with Gasteiger partial charge in [-0.2, -0.15) is 0 Å². The molecule has 1 spiro atoms. The number of likely N-dealkylation sites (tertiary alicyclic amines) is 1. The van der Waals surface area contributed by atoms with Gasteiger partial charge in [-0.25, -0.2) is 0 Å². The highest BCUT2D eigenvalue weighted by Crippen LogP contribution is 2.25. The van der Waals surface area contributed by atoms with Crippen LogP contribution in [0.1, 0.15) is 33.1 Å². The number of piperidine rings is 1. The van der Waals surface area contributed by atoms with Gasteiger partial charge in [-0.05, 0) is 20.0 Å². The Morgan fingerprint density at radius 1 is 1.21 bits per heavy atom. The zero-order valence-corrected chi connectivity index (χ0v) is 9.81. The summed E-state index contributed by atoms with van der Waals surface area (Å²) >= 11 is 0. The highest BCUT2D eigenvalue weighted by Gasteiger charge is 2.35. The van der Waals surface area contributed by atoms with Gasteiger partial charge >= 0.3 is 0 Å². The van der Waals surface area contributed by atoms with E-state index < -0.39 is 0 Å². The van der Waals surface area contributed by atoms with Crippen molar-refractivity contribution in [2.75, 3.05) is 33.3 Å². The Bertz CT molecular complexity index is 145. The molecule has 1 N–H and O–H groups in total. The van der Waals surface area contributed by atoms with Crippen molar-refractivity contribution in [3.63, 3.8) is 0 Å². The molecule has 0 amide bonds. The Labute approximate surface area is 87.8 Å². The summed E-state index contributed by atoms with van der Waals surface area (Å²) in [5, 5.41) is 3.51. The summed E-state index contributed by atoms with van der Waals surface area (Å²) in [5.74, 6) is 0. The summed E-state index contributed by atoms with van der Waals surface area (Å²) in [5.41, 5.74) is 0.0464. The van der Waals surface area contributed by atoms with E-state index >= 15 is 0 Å². The third kappa shape index (κ3) is 2.94. The molecule has 0 aromatic carbocycles. The van der Waals surface area contributed by atoms with Crippen LogP contribution in [-0.2, 0) is 4.74 Å². The molecule has 2 heterocycles. The second kappa shape index (κ2) is 5.69. The van der Waals surface area contributed by atoms with Crippen molar-refractivity contribution in [1.29, 1.82) is 0 Å². The predicted molar refractivity (Wildman–Crippen MR) is 59.4 cm³/mol. The Balaban J connectivity index is 0.000000461. The molecule has 0 atom stereocenters. The smallest absolute Gasteiger partial charge is 0.121 e. The number of hydrogen-bond acceptors (Lipinski definition) is 3. The molecule has 0 radical (unpaired) electrons. The molecule has 2 aliphatic heterocycles. The minimum Gasteiger partial charge on any atom is -0.360 e. The van der Waals surface area contributed by atoms with Gasteiger partial charge in [-0.3, -0.25) is 5.32 Å². The minimum atomic E-state index is 0.0464. The van der Waals surface area contributed by atoms with Gasteiger partial charge in [-0.1, -0.05) is 13.8 Å². The van der Waals surface area contributed by atoms with Crippen LogP contribution < -0.4 is 5.32 Å². The molecule has 0 aromatic rings. The second-order valence-electron chi connectivity index (χ2n) is 3.93. The summed E-state index contributed by atoms with van der Waals surface area (Å²) in [6.07, 6.45) is 3.45. The zero-order chi connectivity index (χ0) is 10.4. The van der Waals surface area contributed by atoms with E-state index in [0.29, 0.717) is 0 Å². The van der Waals surface area contributed by atoms with Gasteiger partial charge in [0.25, 0.3) is 0 Å². The van der Waals surface area contributed by atoms with Crippen LogP contribution in [0.4, 0.5) is 0 Å². The molecule has 0 saturated carbocycles. The van der Waals surface area contributed by atoms with Gasteiger partial charge in [0, 0.05) is 25.9 Å². The maximum atomic E-state index is 5.82. The minimum absolute atomic E-state index is 0.0464. The van der Waals surface area contributed by atoms with E-state index in [1.54, 1.807) is 0 Å². The predicted octanol–water partition coefficient (Wildman–Crippen LogP) is 1.44. The molecule has 14 heavy (non-hydrogen) atoms. The van der Waals surface area contributed by atoms with Crippen molar-refractivity contribution in [2.45, 2.75) is 38.8 Å². The van der Waals surface area contributed by atoms with Gasteiger partial charge in [0.2, 0.25) is 0 Å². The van der Waals surface area contributed by atoms with E-state index in [-0.39, 0.29) is 5.72 Å². The van der Waals surface area contributed by atoms with Crippen molar-refractivity contribution in [3.8, 4) is 0 Å². The van der Waals surface area contributed by atoms with Gasteiger partial charge < -0.3 is 9.64 Å². The molecule has 3 nitrogen and oxygen atoms in total. The van der Waals surface area contributed by atoms with Gasteiger partial charge in [0.1, 0.15) is 5.72 Å². The Morgan fingerprint density at radius 3 is 2.36 bits per heavy atom. The van der Waals surface area contributed by atoms with E-state index in [0.717, 1.165) is 45.5 Å². The highest BCUT2D eigenvalue weighted by atomic mass is 16.5. The normalized spacial score (nSPS) is 26.8. The van der Waals surface area contributed by atoms with Crippen LogP contribution in [0.2, 0.25) is 0 Å². The lowest BCUT2D eigenvalue weighted by Gasteiger charge is -2.43. The van der Waals surface area contributed by atoms with E-state index in [9.17, 15) is 0 Å². The summed E-state index contributed by atoms with van der Waals surface area (Å²) < 4.78 is 5.82. The molecule has 84 valence electrons. The largest absolute Gasteiger partial charge is 0.360 e. The van der Waals surface area contributed by atoms with Gasteiger partial charge in [0.05, 0.1) is 6.61 Å². The lowest BCUT2D eigenvalue weighted by atomic mass is 9.99. The standard InChI is InChI=1S/C9H18N2O.C2H6/c1-11-6-3-9(4-7-11)10-5-2-8-12-9;1-2/h10H,2-8H2,1H3;1-2H3. The highest BCUT2D eigenvalue weighted by molar-refractivity contribution is 4.86. The molecular weight excluding hydrogens is 176 g/mol. The first-order valence-electron chi connectivity index (χ1n) is 5.88. The first-order valence-corrected chi connectivity index (χ1v) is 5.88. The number of hydrogen-bond donors (Lipinski definition) is 1. The van der Waals surface area contributed by atoms with E-state index in [1.165, 1.54) is 0 Å². The van der Waals surface area contributed by atoms with E-state index in [1.807, 2.05) is 13.8 Å². The first kappa shape index (κ1) is 12.0. The third-order valence-corrected chi connectivity index (χ3v) is 2.94. The third-order valence-electron chi connectivity index (χ3n) is 2.94. The maximum absolute atomic E-state index is 5.82. The maximum Gasteiger partial charge on any atom is 0.121 e. The molecule has 2 saturated heterocycles. The molecule has 2 aliphatic rings. The van der Waals surface area contributed by atoms with E-state index in [2.05, 4.69) is 17.3 Å². The fraction of sp³-hybridized carbons (Fsp3) is 1.00. The van der Waals surface area contributed by atoms with Crippen molar-refractivity contribution in [1.82, 2.24) is 10.2 Å². The van der Waals surface area contributed by atoms with Crippen LogP contribution in [0.5, 0.6) is 0 Å². The second-order valence-corrected chi connectivity index (χ2v) is 3.93. The number of nitrogens with zero attached hydrogens (tertiary/aromatic N) is 1. The molecule has 2 fully saturated rings. The van der Waals surface area contributed by atoms with Gasteiger partial charge in [-0.15, -0.1) is 0 Å². The average molecular weight is 200 g/mol. The molecular formula is C11H24N2O. The van der Waals surface area contributed by atoms with Crippen molar-refractivity contribution >= 4 is 0 Å². The van der Waals surface area contributed by atoms with Gasteiger partial charge in [0.15, 0.2) is 0 Å². The lowest BCUT2D eigenvalue weighted by Crippen LogP contribution is -2.57. The van der Waals surface area contributed by atoms with E-state index in [4.69, 9.17) is 4.74 Å². The molecule has 0 unspecified atom stereocenters. The summed E-state index contributed by atoms with van der Waals surface area (Å²) in [4.78, 5) is 2.37. The number of ether oxygens (including phenoxy) is 1. The first-order chi connectivity index (χ1) is 6.81. The quantitative estimate of drug-likeness (QED) is 0.640. The average Bonchev–Trinajstić information content (AvgIpc) is 2.27. The summed E-state index contributed by atoms with van der Waals surface area (Å²) in [7, 11) is 2.18. The van der Waals surface area contributed by atoms with Crippen LogP contribution >= 0.6 is 0 Å². The monoisotopic (exact) mass is 200 g/mol. The van der Waals surface area contributed by atoms with Crippen LogP contribution in [0.25, 0.3) is 0 Å². The Kier molecular flexibility index (Phi) is 4.85. The fourth-order valence-electron chi connectivity index (χ4n) is 2.01.